The molecule has 0 radical (unpaired) electrons. The summed E-state index contributed by atoms with van der Waals surface area (Å²) in [5.41, 5.74) is -1.66. The van der Waals surface area contributed by atoms with E-state index in [9.17, 15) is 23.1 Å². The molecule has 0 heterocycles. The SMILES string of the molecule is O=C(Nc1ccc(Cl)cc1C(F)(F)F)c1ccc(O)c(O)c1. The van der Waals surface area contributed by atoms with Gasteiger partial charge in [0.25, 0.3) is 5.91 Å². The van der Waals surface area contributed by atoms with Crippen LogP contribution in [0.2, 0.25) is 5.02 Å². The van der Waals surface area contributed by atoms with Crippen molar-refractivity contribution in [1.29, 1.82) is 0 Å². The second kappa shape index (κ2) is 5.76. The largest absolute Gasteiger partial charge is 0.504 e. The first-order valence-corrected chi connectivity index (χ1v) is 6.26. The topological polar surface area (TPSA) is 69.6 Å². The van der Waals surface area contributed by atoms with Gasteiger partial charge in [0.15, 0.2) is 11.5 Å². The first kappa shape index (κ1) is 16.0. The number of phenols is 2. The van der Waals surface area contributed by atoms with E-state index in [4.69, 9.17) is 16.7 Å². The van der Waals surface area contributed by atoms with Crippen molar-refractivity contribution in [3.63, 3.8) is 0 Å². The third-order valence-corrected chi connectivity index (χ3v) is 3.01. The van der Waals surface area contributed by atoms with Gasteiger partial charge in [-0.05, 0) is 36.4 Å². The van der Waals surface area contributed by atoms with Crippen molar-refractivity contribution < 1.29 is 28.2 Å². The van der Waals surface area contributed by atoms with Crippen molar-refractivity contribution in [2.75, 3.05) is 5.32 Å². The maximum absolute atomic E-state index is 12.9. The van der Waals surface area contributed by atoms with Gasteiger partial charge in [0.1, 0.15) is 0 Å². The molecule has 2 aromatic carbocycles. The van der Waals surface area contributed by atoms with Crippen LogP contribution in [0.15, 0.2) is 36.4 Å². The predicted octanol–water partition coefficient (Wildman–Crippen LogP) is 4.02. The highest BCUT2D eigenvalue weighted by atomic mass is 35.5. The van der Waals surface area contributed by atoms with E-state index < -0.39 is 34.8 Å². The molecule has 0 saturated heterocycles. The van der Waals surface area contributed by atoms with Crippen LogP contribution in [0.5, 0.6) is 11.5 Å². The van der Waals surface area contributed by atoms with Crippen molar-refractivity contribution in [3.8, 4) is 11.5 Å². The highest BCUT2D eigenvalue weighted by molar-refractivity contribution is 6.30. The standard InChI is InChI=1S/C14H9ClF3NO3/c15-8-2-3-10(9(6-8)14(16,17)18)19-13(22)7-1-4-11(20)12(21)5-7/h1-6,20-21H,(H,19,22). The van der Waals surface area contributed by atoms with Gasteiger partial charge >= 0.3 is 6.18 Å². The number of alkyl halides is 3. The molecule has 0 fully saturated rings. The van der Waals surface area contributed by atoms with E-state index in [0.717, 1.165) is 24.3 Å². The van der Waals surface area contributed by atoms with Gasteiger partial charge in [-0.15, -0.1) is 0 Å². The summed E-state index contributed by atoms with van der Waals surface area (Å²) >= 11 is 5.54. The van der Waals surface area contributed by atoms with E-state index in [1.807, 2.05) is 0 Å². The number of phenolic OH excluding ortho intramolecular Hbond substituents is 2. The first-order valence-electron chi connectivity index (χ1n) is 5.88. The van der Waals surface area contributed by atoms with Crippen molar-refractivity contribution in [3.05, 3.63) is 52.5 Å². The number of hydrogen-bond donors (Lipinski definition) is 3. The number of rotatable bonds is 2. The van der Waals surface area contributed by atoms with Crippen LogP contribution in [0.1, 0.15) is 15.9 Å². The molecule has 0 aromatic heterocycles. The highest BCUT2D eigenvalue weighted by Gasteiger charge is 2.34. The quantitative estimate of drug-likeness (QED) is 0.728. The van der Waals surface area contributed by atoms with Gasteiger partial charge in [-0.25, -0.2) is 0 Å². The van der Waals surface area contributed by atoms with Gasteiger partial charge in [0, 0.05) is 10.6 Å². The fourth-order valence-electron chi connectivity index (χ4n) is 1.72. The monoisotopic (exact) mass is 331 g/mol. The molecule has 1 amide bonds. The zero-order chi connectivity index (χ0) is 16.5. The van der Waals surface area contributed by atoms with Gasteiger partial charge in [0.2, 0.25) is 0 Å². The lowest BCUT2D eigenvalue weighted by Gasteiger charge is -2.14. The van der Waals surface area contributed by atoms with Crippen LogP contribution in [0.4, 0.5) is 18.9 Å². The van der Waals surface area contributed by atoms with E-state index >= 15 is 0 Å². The number of amides is 1. The minimum Gasteiger partial charge on any atom is -0.504 e. The van der Waals surface area contributed by atoms with E-state index in [0.29, 0.717) is 6.07 Å². The first-order chi connectivity index (χ1) is 10.2. The van der Waals surface area contributed by atoms with Crippen LogP contribution in [0.25, 0.3) is 0 Å². The van der Waals surface area contributed by atoms with E-state index in [2.05, 4.69) is 5.32 Å². The fourth-order valence-corrected chi connectivity index (χ4v) is 1.89. The van der Waals surface area contributed by atoms with Crippen molar-refractivity contribution in [2.45, 2.75) is 6.18 Å². The number of carbonyl (C=O) groups excluding carboxylic acids is 1. The molecule has 0 aliphatic rings. The summed E-state index contributed by atoms with van der Waals surface area (Å²) in [4.78, 5) is 11.9. The lowest BCUT2D eigenvalue weighted by molar-refractivity contribution is -0.136. The Morgan fingerprint density at radius 3 is 2.32 bits per heavy atom. The molecule has 2 rings (SSSR count). The van der Waals surface area contributed by atoms with Crippen LogP contribution in [-0.2, 0) is 6.18 Å². The van der Waals surface area contributed by atoms with Crippen LogP contribution < -0.4 is 5.32 Å². The maximum atomic E-state index is 12.9. The Morgan fingerprint density at radius 2 is 1.73 bits per heavy atom. The predicted molar refractivity (Wildman–Crippen MR) is 74.2 cm³/mol. The van der Waals surface area contributed by atoms with Gasteiger partial charge in [-0.1, -0.05) is 11.6 Å². The smallest absolute Gasteiger partial charge is 0.418 e. The van der Waals surface area contributed by atoms with Gasteiger partial charge in [0.05, 0.1) is 11.3 Å². The van der Waals surface area contributed by atoms with Crippen LogP contribution in [-0.4, -0.2) is 16.1 Å². The molecule has 8 heteroatoms. The normalized spacial score (nSPS) is 11.3. The van der Waals surface area contributed by atoms with Crippen LogP contribution >= 0.6 is 11.6 Å². The molecular formula is C14H9ClF3NO3. The van der Waals surface area contributed by atoms with Crippen molar-refractivity contribution in [2.24, 2.45) is 0 Å². The average molecular weight is 332 g/mol. The van der Waals surface area contributed by atoms with E-state index in [1.165, 1.54) is 6.07 Å². The molecule has 2 aromatic rings. The Kier molecular flexibility index (Phi) is 4.18. The number of aromatic hydroxyl groups is 2. The van der Waals surface area contributed by atoms with Crippen molar-refractivity contribution in [1.82, 2.24) is 0 Å². The Balaban J connectivity index is 2.34. The molecule has 0 bridgehead atoms. The molecule has 0 atom stereocenters. The zero-order valence-electron chi connectivity index (χ0n) is 10.8. The van der Waals surface area contributed by atoms with E-state index in [1.54, 1.807) is 0 Å². The summed E-state index contributed by atoms with van der Waals surface area (Å²) in [7, 11) is 0. The lowest BCUT2D eigenvalue weighted by atomic mass is 10.1. The molecule has 22 heavy (non-hydrogen) atoms. The lowest BCUT2D eigenvalue weighted by Crippen LogP contribution is -2.16. The molecule has 0 saturated carbocycles. The summed E-state index contributed by atoms with van der Waals surface area (Å²) in [6.07, 6.45) is -4.69. The summed E-state index contributed by atoms with van der Waals surface area (Å²) in [6.45, 7) is 0. The second-order valence-electron chi connectivity index (χ2n) is 4.35. The molecule has 0 aliphatic carbocycles. The van der Waals surface area contributed by atoms with Gasteiger partial charge in [-0.2, -0.15) is 13.2 Å². The molecule has 0 unspecified atom stereocenters. The average Bonchev–Trinajstić information content (AvgIpc) is 2.42. The van der Waals surface area contributed by atoms with E-state index in [-0.39, 0.29) is 10.6 Å². The second-order valence-corrected chi connectivity index (χ2v) is 4.78. The third-order valence-electron chi connectivity index (χ3n) is 2.77. The number of benzene rings is 2. The number of halogens is 4. The fraction of sp³-hybridized carbons (Fsp3) is 0.0714. The Bertz CT molecular complexity index is 732. The Morgan fingerprint density at radius 1 is 1.05 bits per heavy atom. The Hall–Kier alpha value is -2.41. The summed E-state index contributed by atoms with van der Waals surface area (Å²) in [5, 5.41) is 20.4. The minimum absolute atomic E-state index is 0.113. The number of nitrogens with one attached hydrogen (secondary N) is 1. The molecular weight excluding hydrogens is 323 g/mol. The molecule has 0 spiro atoms. The number of anilines is 1. The summed E-state index contributed by atoms with van der Waals surface area (Å²) in [6, 6.07) is 6.09. The zero-order valence-corrected chi connectivity index (χ0v) is 11.5. The van der Waals surface area contributed by atoms with Crippen LogP contribution in [0, 0.1) is 0 Å². The highest BCUT2D eigenvalue weighted by Crippen LogP contribution is 2.36. The summed E-state index contributed by atoms with van der Waals surface area (Å²) < 4.78 is 38.7. The maximum Gasteiger partial charge on any atom is 0.418 e. The molecule has 116 valence electrons. The Labute approximate surface area is 127 Å². The van der Waals surface area contributed by atoms with Crippen molar-refractivity contribution >= 4 is 23.2 Å². The number of carbonyl (C=O) groups is 1. The van der Waals surface area contributed by atoms with Gasteiger partial charge < -0.3 is 15.5 Å². The van der Waals surface area contributed by atoms with Crippen LogP contribution in [0.3, 0.4) is 0 Å². The molecule has 3 N–H and O–H groups in total. The number of hydrogen-bond acceptors (Lipinski definition) is 3. The summed E-state index contributed by atoms with van der Waals surface area (Å²) in [5.74, 6) is -1.87. The molecule has 4 nitrogen and oxygen atoms in total. The minimum atomic E-state index is -4.69. The van der Waals surface area contributed by atoms with Gasteiger partial charge in [-0.3, -0.25) is 4.79 Å². The molecule has 0 aliphatic heterocycles. The third kappa shape index (κ3) is 3.43.